The van der Waals surface area contributed by atoms with E-state index in [0.717, 1.165) is 25.7 Å². The summed E-state index contributed by atoms with van der Waals surface area (Å²) in [5, 5.41) is 11.9. The van der Waals surface area contributed by atoms with E-state index in [1.807, 2.05) is 0 Å². The number of hydrogen-bond donors (Lipinski definition) is 2. The van der Waals surface area contributed by atoms with Gasteiger partial charge in [0.05, 0.1) is 12.6 Å². The summed E-state index contributed by atoms with van der Waals surface area (Å²) in [6.07, 6.45) is 0.621. The average molecular weight is 179 g/mol. The average Bonchev–Trinajstić information content (AvgIpc) is 2.03. The smallest absolute Gasteiger partial charge is 0.250 e. The van der Waals surface area contributed by atoms with E-state index in [-0.39, 0.29) is 18.7 Å². The molecule has 12 heavy (non-hydrogen) atoms. The number of rotatable bonds is 3. The van der Waals surface area contributed by atoms with Crippen LogP contribution in [0.1, 0.15) is 25.7 Å². The van der Waals surface area contributed by atoms with Crippen LogP contribution in [0.15, 0.2) is 0 Å². The first-order chi connectivity index (χ1) is 5.68. The Bertz CT molecular complexity index is 124. The number of nitrogens with one attached hydrogen (secondary N) is 1. The highest BCUT2D eigenvalue weighted by molar-refractivity contribution is 4.76. The van der Waals surface area contributed by atoms with Gasteiger partial charge in [-0.3, -0.25) is 0 Å². The topological polar surface area (TPSA) is 32.3 Å². The van der Waals surface area contributed by atoms with E-state index in [9.17, 15) is 8.78 Å². The Balaban J connectivity index is 2.09. The van der Waals surface area contributed by atoms with Crippen LogP contribution in [-0.4, -0.2) is 30.2 Å². The summed E-state index contributed by atoms with van der Waals surface area (Å²) < 4.78 is 23.5. The highest BCUT2D eigenvalue weighted by atomic mass is 19.3. The lowest BCUT2D eigenvalue weighted by atomic mass is 9.93. The van der Waals surface area contributed by atoms with Crippen LogP contribution >= 0.6 is 0 Å². The lowest BCUT2D eigenvalue weighted by Gasteiger charge is -2.26. The molecule has 4 heteroatoms. The van der Waals surface area contributed by atoms with E-state index < -0.39 is 6.43 Å². The third kappa shape index (κ3) is 3.45. The summed E-state index contributed by atoms with van der Waals surface area (Å²) >= 11 is 0. The van der Waals surface area contributed by atoms with Gasteiger partial charge in [-0.2, -0.15) is 0 Å². The lowest BCUT2D eigenvalue weighted by Crippen LogP contribution is -2.37. The Hall–Kier alpha value is -0.220. The van der Waals surface area contributed by atoms with E-state index in [4.69, 9.17) is 5.11 Å². The second kappa shape index (κ2) is 4.72. The van der Waals surface area contributed by atoms with Gasteiger partial charge in [-0.25, -0.2) is 8.78 Å². The van der Waals surface area contributed by atoms with Gasteiger partial charge in [0.25, 0.3) is 6.43 Å². The molecule has 0 saturated heterocycles. The maximum atomic E-state index is 11.8. The fourth-order valence-corrected chi connectivity index (χ4v) is 1.54. The minimum atomic E-state index is -2.27. The molecule has 0 aromatic rings. The first-order valence-corrected chi connectivity index (χ1v) is 4.38. The highest BCUT2D eigenvalue weighted by Gasteiger charge is 2.19. The number of aliphatic hydroxyl groups is 1. The minimum Gasteiger partial charge on any atom is -0.393 e. The number of hydrogen-bond acceptors (Lipinski definition) is 2. The van der Waals surface area contributed by atoms with Crippen molar-refractivity contribution in [2.75, 3.05) is 6.54 Å². The molecule has 2 N–H and O–H groups in total. The predicted molar refractivity (Wildman–Crippen MR) is 42.3 cm³/mol. The molecule has 1 aliphatic carbocycles. The van der Waals surface area contributed by atoms with Crippen LogP contribution in [0, 0.1) is 0 Å². The molecular formula is C8H15F2NO. The summed E-state index contributed by atoms with van der Waals surface area (Å²) in [7, 11) is 0. The second-order valence-corrected chi connectivity index (χ2v) is 3.30. The summed E-state index contributed by atoms with van der Waals surface area (Å²) in [4.78, 5) is 0. The van der Waals surface area contributed by atoms with Crippen molar-refractivity contribution in [1.29, 1.82) is 0 Å². The van der Waals surface area contributed by atoms with Crippen molar-refractivity contribution in [2.45, 2.75) is 44.3 Å². The highest BCUT2D eigenvalue weighted by Crippen LogP contribution is 2.18. The van der Waals surface area contributed by atoms with Crippen LogP contribution in [0.25, 0.3) is 0 Å². The molecule has 0 aromatic carbocycles. The van der Waals surface area contributed by atoms with Gasteiger partial charge < -0.3 is 10.4 Å². The van der Waals surface area contributed by atoms with E-state index in [1.54, 1.807) is 0 Å². The quantitative estimate of drug-likeness (QED) is 0.681. The van der Waals surface area contributed by atoms with Crippen LogP contribution in [0.4, 0.5) is 8.78 Å². The molecule has 0 bridgehead atoms. The standard InChI is InChI=1S/C8H15F2NO/c9-8(10)5-11-6-1-3-7(12)4-2-6/h6-8,11-12H,1-5H2. The Morgan fingerprint density at radius 3 is 2.33 bits per heavy atom. The lowest BCUT2D eigenvalue weighted by molar-refractivity contribution is 0.104. The molecule has 0 aliphatic heterocycles. The molecule has 0 heterocycles. The number of aliphatic hydroxyl groups excluding tert-OH is 1. The van der Waals surface area contributed by atoms with Gasteiger partial charge in [0.1, 0.15) is 0 Å². The molecule has 1 aliphatic rings. The van der Waals surface area contributed by atoms with E-state index in [1.165, 1.54) is 0 Å². The Morgan fingerprint density at radius 2 is 1.83 bits per heavy atom. The van der Waals surface area contributed by atoms with E-state index in [2.05, 4.69) is 5.32 Å². The monoisotopic (exact) mass is 179 g/mol. The van der Waals surface area contributed by atoms with Gasteiger partial charge >= 0.3 is 0 Å². The van der Waals surface area contributed by atoms with Gasteiger partial charge in [-0.1, -0.05) is 0 Å². The zero-order valence-corrected chi connectivity index (χ0v) is 6.97. The Morgan fingerprint density at radius 1 is 1.25 bits per heavy atom. The van der Waals surface area contributed by atoms with Crippen molar-refractivity contribution in [3.63, 3.8) is 0 Å². The molecule has 1 fully saturated rings. The van der Waals surface area contributed by atoms with Crippen LogP contribution in [0.3, 0.4) is 0 Å². The molecule has 1 rings (SSSR count). The summed E-state index contributed by atoms with van der Waals surface area (Å²) in [5.74, 6) is 0. The maximum absolute atomic E-state index is 11.8. The van der Waals surface area contributed by atoms with Crippen molar-refractivity contribution < 1.29 is 13.9 Å². The van der Waals surface area contributed by atoms with Crippen molar-refractivity contribution in [3.8, 4) is 0 Å². The van der Waals surface area contributed by atoms with Crippen LogP contribution in [-0.2, 0) is 0 Å². The van der Waals surface area contributed by atoms with Crippen molar-refractivity contribution >= 4 is 0 Å². The van der Waals surface area contributed by atoms with Gasteiger partial charge in [-0.15, -0.1) is 0 Å². The predicted octanol–water partition coefficient (Wildman–Crippen LogP) is 1.14. The first kappa shape index (κ1) is 9.86. The molecule has 0 atom stereocenters. The van der Waals surface area contributed by atoms with Crippen LogP contribution in [0.2, 0.25) is 0 Å². The minimum absolute atomic E-state index is 0.183. The molecule has 0 unspecified atom stereocenters. The molecule has 0 radical (unpaired) electrons. The van der Waals surface area contributed by atoms with E-state index >= 15 is 0 Å². The van der Waals surface area contributed by atoms with Crippen LogP contribution < -0.4 is 5.32 Å². The molecule has 0 amide bonds. The zero-order valence-electron chi connectivity index (χ0n) is 6.97. The van der Waals surface area contributed by atoms with Crippen molar-refractivity contribution in [2.24, 2.45) is 0 Å². The molecule has 72 valence electrons. The fraction of sp³-hybridized carbons (Fsp3) is 1.00. The zero-order chi connectivity index (χ0) is 8.97. The van der Waals surface area contributed by atoms with Gasteiger partial charge in [0.2, 0.25) is 0 Å². The third-order valence-corrected chi connectivity index (χ3v) is 2.26. The SMILES string of the molecule is OC1CCC(NCC(F)F)CC1. The fourth-order valence-electron chi connectivity index (χ4n) is 1.54. The molecule has 0 aromatic heterocycles. The summed E-state index contributed by atoms with van der Waals surface area (Å²) in [5.41, 5.74) is 0. The molecule has 2 nitrogen and oxygen atoms in total. The van der Waals surface area contributed by atoms with Gasteiger partial charge in [-0.05, 0) is 25.7 Å². The molecule has 1 saturated carbocycles. The van der Waals surface area contributed by atoms with E-state index in [0.29, 0.717) is 0 Å². The number of alkyl halides is 2. The Labute approximate surface area is 71.0 Å². The summed E-state index contributed by atoms with van der Waals surface area (Å²) in [6.45, 7) is -0.221. The van der Waals surface area contributed by atoms with Gasteiger partial charge in [0, 0.05) is 6.04 Å². The number of halogens is 2. The largest absolute Gasteiger partial charge is 0.393 e. The van der Waals surface area contributed by atoms with Crippen LogP contribution in [0.5, 0.6) is 0 Å². The third-order valence-electron chi connectivity index (χ3n) is 2.26. The Kier molecular flexibility index (Phi) is 3.88. The van der Waals surface area contributed by atoms with Crippen molar-refractivity contribution in [1.82, 2.24) is 5.32 Å². The molecule has 0 spiro atoms. The first-order valence-electron chi connectivity index (χ1n) is 4.38. The van der Waals surface area contributed by atoms with Crippen molar-refractivity contribution in [3.05, 3.63) is 0 Å². The summed E-state index contributed by atoms with van der Waals surface area (Å²) in [6, 6.07) is 0.183. The maximum Gasteiger partial charge on any atom is 0.250 e. The molecular weight excluding hydrogens is 164 g/mol. The normalized spacial score (nSPS) is 31.0. The van der Waals surface area contributed by atoms with Gasteiger partial charge in [0.15, 0.2) is 0 Å². The second-order valence-electron chi connectivity index (χ2n) is 3.30.